The molecule has 132 valence electrons. The third-order valence-electron chi connectivity index (χ3n) is 4.65. The Morgan fingerprint density at radius 2 is 1.92 bits per heavy atom. The molecule has 0 saturated carbocycles. The summed E-state index contributed by atoms with van der Waals surface area (Å²) in [5, 5.41) is 3.15. The zero-order chi connectivity index (χ0) is 17.9. The predicted molar refractivity (Wildman–Crippen MR) is 99.5 cm³/mol. The number of hydrogen-bond donors (Lipinski definition) is 2. The number of ether oxygens (including phenoxy) is 2. The van der Waals surface area contributed by atoms with Gasteiger partial charge in [0.25, 0.3) is 5.91 Å². The highest BCUT2D eigenvalue weighted by molar-refractivity contribution is 6.01. The van der Waals surface area contributed by atoms with Crippen LogP contribution in [0.4, 0.5) is 0 Å². The van der Waals surface area contributed by atoms with Crippen LogP contribution in [0.3, 0.4) is 0 Å². The quantitative estimate of drug-likeness (QED) is 0.750. The van der Waals surface area contributed by atoms with Gasteiger partial charge in [0, 0.05) is 35.5 Å². The van der Waals surface area contributed by atoms with Crippen LogP contribution in [-0.2, 0) is 0 Å². The number of methoxy groups -OCH3 is 1. The van der Waals surface area contributed by atoms with Crippen molar-refractivity contribution < 1.29 is 14.3 Å². The van der Waals surface area contributed by atoms with Crippen LogP contribution >= 0.6 is 0 Å². The molecular formula is C21H20N2O3. The zero-order valence-electron chi connectivity index (χ0n) is 14.5. The molecule has 4 rings (SSSR count). The average molecular weight is 348 g/mol. The van der Waals surface area contributed by atoms with E-state index in [0.717, 1.165) is 34.6 Å². The summed E-state index contributed by atoms with van der Waals surface area (Å²) in [6.45, 7) is 0.592. The van der Waals surface area contributed by atoms with Crippen LogP contribution in [-0.4, -0.2) is 24.6 Å². The van der Waals surface area contributed by atoms with E-state index in [4.69, 9.17) is 9.47 Å². The fourth-order valence-corrected chi connectivity index (χ4v) is 3.37. The minimum Gasteiger partial charge on any atom is -0.496 e. The molecule has 0 aliphatic carbocycles. The highest BCUT2D eigenvalue weighted by Gasteiger charge is 2.25. The first-order valence-electron chi connectivity index (χ1n) is 8.60. The molecule has 2 N–H and O–H groups in total. The second kappa shape index (κ2) is 6.96. The number of fused-ring (bicyclic) bond motifs is 1. The van der Waals surface area contributed by atoms with E-state index in [9.17, 15) is 4.79 Å². The Kier molecular flexibility index (Phi) is 4.35. The Balaban J connectivity index is 1.62. The number of rotatable bonds is 4. The molecule has 1 aliphatic heterocycles. The third-order valence-corrected chi connectivity index (χ3v) is 4.65. The van der Waals surface area contributed by atoms with Crippen molar-refractivity contribution in [3.8, 4) is 22.6 Å². The number of nitrogens with one attached hydrogen (secondary N) is 2. The maximum atomic E-state index is 13.0. The summed E-state index contributed by atoms with van der Waals surface area (Å²) in [4.78, 5) is 16.0. The molecule has 1 atom stereocenters. The SMILES string of the molecule is COc1ccccc1-c1c[nH]cc1C(=O)N[C@H]1CCOc2ccccc21. The molecule has 1 aliphatic rings. The van der Waals surface area contributed by atoms with Crippen LogP contribution in [0.2, 0.25) is 0 Å². The topological polar surface area (TPSA) is 63.4 Å². The number of H-pyrrole nitrogens is 1. The lowest BCUT2D eigenvalue weighted by Gasteiger charge is -2.26. The second-order valence-electron chi connectivity index (χ2n) is 6.18. The molecule has 0 saturated heterocycles. The molecule has 1 aromatic heterocycles. The normalized spacial score (nSPS) is 15.7. The Bertz CT molecular complexity index is 932. The Morgan fingerprint density at radius 1 is 1.12 bits per heavy atom. The first kappa shape index (κ1) is 16.3. The Morgan fingerprint density at radius 3 is 2.81 bits per heavy atom. The molecule has 0 bridgehead atoms. The van der Waals surface area contributed by atoms with E-state index >= 15 is 0 Å². The number of para-hydroxylation sites is 2. The highest BCUT2D eigenvalue weighted by Crippen LogP contribution is 2.34. The van der Waals surface area contributed by atoms with Crippen LogP contribution in [0, 0.1) is 0 Å². The van der Waals surface area contributed by atoms with E-state index in [0.29, 0.717) is 12.2 Å². The zero-order valence-corrected chi connectivity index (χ0v) is 14.5. The lowest BCUT2D eigenvalue weighted by Crippen LogP contribution is -2.32. The van der Waals surface area contributed by atoms with Crippen molar-refractivity contribution >= 4 is 5.91 Å². The average Bonchev–Trinajstić information content (AvgIpc) is 3.18. The van der Waals surface area contributed by atoms with Crippen molar-refractivity contribution in [2.45, 2.75) is 12.5 Å². The molecule has 2 aromatic carbocycles. The minimum absolute atomic E-state index is 0.0622. The number of carbonyl (C=O) groups is 1. The number of aromatic amines is 1. The molecule has 0 spiro atoms. The molecule has 5 heteroatoms. The van der Waals surface area contributed by atoms with Crippen LogP contribution in [0.15, 0.2) is 60.9 Å². The smallest absolute Gasteiger partial charge is 0.253 e. The van der Waals surface area contributed by atoms with Gasteiger partial charge in [-0.05, 0) is 12.1 Å². The van der Waals surface area contributed by atoms with Gasteiger partial charge < -0.3 is 19.8 Å². The third kappa shape index (κ3) is 2.92. The van der Waals surface area contributed by atoms with Crippen LogP contribution in [0.5, 0.6) is 11.5 Å². The highest BCUT2D eigenvalue weighted by atomic mass is 16.5. The standard InChI is InChI=1S/C21H20N2O3/c1-25-19-8-4-2-6-14(19)16-12-22-13-17(16)21(24)23-18-10-11-26-20-9-5-3-7-15(18)20/h2-9,12-13,18,22H,10-11H2,1H3,(H,23,24)/t18-/m0/s1. The van der Waals surface area contributed by atoms with Crippen molar-refractivity contribution in [1.82, 2.24) is 10.3 Å². The van der Waals surface area contributed by atoms with E-state index in [1.807, 2.05) is 54.7 Å². The van der Waals surface area contributed by atoms with Crippen molar-refractivity contribution in [2.75, 3.05) is 13.7 Å². The maximum Gasteiger partial charge on any atom is 0.253 e. The van der Waals surface area contributed by atoms with Crippen molar-refractivity contribution in [1.29, 1.82) is 0 Å². The fourth-order valence-electron chi connectivity index (χ4n) is 3.37. The molecular weight excluding hydrogens is 328 g/mol. The first-order valence-corrected chi connectivity index (χ1v) is 8.60. The van der Waals surface area contributed by atoms with Crippen LogP contribution < -0.4 is 14.8 Å². The van der Waals surface area contributed by atoms with Gasteiger partial charge in [-0.15, -0.1) is 0 Å². The summed E-state index contributed by atoms with van der Waals surface area (Å²) in [6.07, 6.45) is 4.30. The monoisotopic (exact) mass is 348 g/mol. The van der Waals surface area contributed by atoms with Gasteiger partial charge in [0.2, 0.25) is 0 Å². The van der Waals surface area contributed by atoms with E-state index in [2.05, 4.69) is 10.3 Å². The number of benzene rings is 2. The molecule has 0 fully saturated rings. The fraction of sp³-hybridized carbons (Fsp3) is 0.190. The molecule has 5 nitrogen and oxygen atoms in total. The van der Waals surface area contributed by atoms with Crippen molar-refractivity contribution in [2.24, 2.45) is 0 Å². The van der Waals surface area contributed by atoms with E-state index < -0.39 is 0 Å². The summed E-state index contributed by atoms with van der Waals surface area (Å²) in [5.41, 5.74) is 3.31. The van der Waals surface area contributed by atoms with Gasteiger partial charge in [-0.2, -0.15) is 0 Å². The lowest BCUT2D eigenvalue weighted by atomic mass is 9.99. The molecule has 2 heterocycles. The summed E-state index contributed by atoms with van der Waals surface area (Å²) in [7, 11) is 1.63. The van der Waals surface area contributed by atoms with Crippen molar-refractivity contribution in [3.05, 3.63) is 72.1 Å². The van der Waals surface area contributed by atoms with Gasteiger partial charge in [0.1, 0.15) is 11.5 Å². The summed E-state index contributed by atoms with van der Waals surface area (Å²) in [6, 6.07) is 15.4. The Labute approximate surface area is 152 Å². The number of aromatic nitrogens is 1. The molecule has 1 amide bonds. The number of hydrogen-bond acceptors (Lipinski definition) is 3. The van der Waals surface area contributed by atoms with Crippen LogP contribution in [0.1, 0.15) is 28.4 Å². The van der Waals surface area contributed by atoms with E-state index in [1.54, 1.807) is 13.3 Å². The van der Waals surface area contributed by atoms with Gasteiger partial charge in [0.05, 0.1) is 25.3 Å². The summed E-state index contributed by atoms with van der Waals surface area (Å²) >= 11 is 0. The second-order valence-corrected chi connectivity index (χ2v) is 6.18. The molecule has 3 aromatic rings. The Hall–Kier alpha value is -3.21. The summed E-state index contributed by atoms with van der Waals surface area (Å²) in [5.74, 6) is 1.45. The van der Waals surface area contributed by atoms with Gasteiger partial charge in [-0.1, -0.05) is 36.4 Å². The van der Waals surface area contributed by atoms with Crippen LogP contribution in [0.25, 0.3) is 11.1 Å². The largest absolute Gasteiger partial charge is 0.496 e. The molecule has 0 unspecified atom stereocenters. The van der Waals surface area contributed by atoms with Crippen molar-refractivity contribution in [3.63, 3.8) is 0 Å². The number of amides is 1. The van der Waals surface area contributed by atoms with Gasteiger partial charge >= 0.3 is 0 Å². The first-order chi connectivity index (χ1) is 12.8. The van der Waals surface area contributed by atoms with E-state index in [-0.39, 0.29) is 11.9 Å². The molecule has 0 radical (unpaired) electrons. The predicted octanol–water partition coefficient (Wildman–Crippen LogP) is 3.94. The van der Waals surface area contributed by atoms with Gasteiger partial charge in [-0.25, -0.2) is 0 Å². The summed E-state index contributed by atoms with van der Waals surface area (Å²) < 4.78 is 11.1. The minimum atomic E-state index is -0.117. The van der Waals surface area contributed by atoms with Gasteiger partial charge in [-0.3, -0.25) is 4.79 Å². The maximum absolute atomic E-state index is 13.0. The van der Waals surface area contributed by atoms with E-state index in [1.165, 1.54) is 0 Å². The lowest BCUT2D eigenvalue weighted by molar-refractivity contribution is 0.0925. The number of carbonyl (C=O) groups excluding carboxylic acids is 1. The van der Waals surface area contributed by atoms with Gasteiger partial charge in [0.15, 0.2) is 0 Å². The molecule has 26 heavy (non-hydrogen) atoms.